The first kappa shape index (κ1) is 14.0. The topological polar surface area (TPSA) is 76.7 Å². The summed E-state index contributed by atoms with van der Waals surface area (Å²) in [4.78, 5) is 0. The van der Waals surface area contributed by atoms with E-state index in [1.54, 1.807) is 25.1 Å². The first-order valence-electron chi connectivity index (χ1n) is 5.97. The largest absolute Gasteiger partial charge is 0.425 e. The minimum absolute atomic E-state index is 0.330. The molecule has 0 saturated heterocycles. The van der Waals surface area contributed by atoms with Gasteiger partial charge in [0, 0.05) is 6.92 Å². The second-order valence-corrected chi connectivity index (χ2v) is 6.18. The fraction of sp³-hybridized carbons (Fsp3) is 0.167. The van der Waals surface area contributed by atoms with E-state index in [2.05, 4.69) is 25.7 Å². The number of para-hydroxylation sites is 1. The fourth-order valence-electron chi connectivity index (χ4n) is 1.52. The molecule has 0 atom stereocenters. The maximum absolute atomic E-state index is 13.5. The highest BCUT2D eigenvalue weighted by Crippen LogP contribution is 2.30. The van der Waals surface area contributed by atoms with Crippen LogP contribution in [0.1, 0.15) is 11.8 Å². The van der Waals surface area contributed by atoms with Crippen molar-refractivity contribution in [1.82, 2.24) is 20.4 Å². The minimum Gasteiger partial charge on any atom is -0.425 e. The van der Waals surface area contributed by atoms with Crippen LogP contribution in [0, 0.1) is 12.7 Å². The zero-order valence-electron chi connectivity index (χ0n) is 10.9. The lowest BCUT2D eigenvalue weighted by molar-refractivity contribution is 0.485. The Bertz CT molecular complexity index is 745. The molecule has 2 aromatic heterocycles. The zero-order valence-corrected chi connectivity index (χ0v) is 12.5. The lowest BCUT2D eigenvalue weighted by Gasteiger charge is -2.01. The number of halogens is 1. The van der Waals surface area contributed by atoms with Crippen molar-refractivity contribution >= 4 is 33.9 Å². The highest BCUT2D eigenvalue weighted by Gasteiger charge is 2.09. The molecule has 3 aromatic rings. The maximum Gasteiger partial charge on any atom is 0.226 e. The molecule has 21 heavy (non-hydrogen) atoms. The molecule has 3 rings (SSSR count). The van der Waals surface area contributed by atoms with Gasteiger partial charge in [0.05, 0.1) is 11.4 Å². The van der Waals surface area contributed by atoms with Crippen molar-refractivity contribution in [3.8, 4) is 0 Å². The van der Waals surface area contributed by atoms with Crippen LogP contribution in [0.15, 0.2) is 33.0 Å². The predicted octanol–water partition coefficient (Wildman–Crippen LogP) is 3.40. The normalized spacial score (nSPS) is 10.8. The van der Waals surface area contributed by atoms with E-state index in [-0.39, 0.29) is 5.82 Å². The molecule has 0 fully saturated rings. The van der Waals surface area contributed by atoms with Gasteiger partial charge in [-0.3, -0.25) is 0 Å². The van der Waals surface area contributed by atoms with E-state index in [1.807, 2.05) is 0 Å². The highest BCUT2D eigenvalue weighted by atomic mass is 32.2. The molecule has 0 unspecified atom stereocenters. The van der Waals surface area contributed by atoms with Gasteiger partial charge >= 0.3 is 0 Å². The number of thioether (sulfide) groups is 1. The molecule has 6 nitrogen and oxygen atoms in total. The molecule has 0 bridgehead atoms. The molecular weight excluding hydrogens is 313 g/mol. The Balaban J connectivity index is 1.62. The van der Waals surface area contributed by atoms with Gasteiger partial charge in [-0.25, -0.2) is 4.39 Å². The summed E-state index contributed by atoms with van der Waals surface area (Å²) < 4.78 is 19.5. The molecule has 1 aromatic carbocycles. The van der Waals surface area contributed by atoms with Gasteiger partial charge in [-0.15, -0.1) is 20.4 Å². The third-order valence-corrected chi connectivity index (χ3v) is 4.37. The van der Waals surface area contributed by atoms with Gasteiger partial charge in [0.25, 0.3) is 0 Å². The summed E-state index contributed by atoms with van der Waals surface area (Å²) in [7, 11) is 0. The van der Waals surface area contributed by atoms with Crippen LogP contribution in [0.4, 0.5) is 15.2 Å². The number of rotatable bonds is 5. The molecule has 0 aliphatic rings. The SMILES string of the molecule is Cc1nnc(CSc2nnc(Nc3ccccc3F)s2)o1. The Morgan fingerprint density at radius 3 is 2.86 bits per heavy atom. The molecule has 0 saturated carbocycles. The minimum atomic E-state index is -0.330. The maximum atomic E-state index is 13.5. The van der Waals surface area contributed by atoms with Crippen LogP contribution in [0.5, 0.6) is 0 Å². The second-order valence-electron chi connectivity index (χ2n) is 3.98. The lowest BCUT2D eigenvalue weighted by Crippen LogP contribution is -1.92. The van der Waals surface area contributed by atoms with Crippen LogP contribution in [-0.4, -0.2) is 20.4 Å². The van der Waals surface area contributed by atoms with E-state index >= 15 is 0 Å². The molecule has 0 aliphatic heterocycles. The van der Waals surface area contributed by atoms with Crippen molar-refractivity contribution in [3.05, 3.63) is 41.9 Å². The summed E-state index contributed by atoms with van der Waals surface area (Å²) in [5.74, 6) is 1.26. The Morgan fingerprint density at radius 2 is 2.10 bits per heavy atom. The van der Waals surface area contributed by atoms with Gasteiger partial charge in [0.15, 0.2) is 4.34 Å². The number of hydrogen-bond donors (Lipinski definition) is 1. The third-order valence-electron chi connectivity index (χ3n) is 2.41. The number of aromatic nitrogens is 4. The van der Waals surface area contributed by atoms with Crippen molar-refractivity contribution in [2.75, 3.05) is 5.32 Å². The van der Waals surface area contributed by atoms with Crippen LogP contribution in [0.3, 0.4) is 0 Å². The van der Waals surface area contributed by atoms with Gasteiger partial charge in [-0.05, 0) is 12.1 Å². The Labute approximate surface area is 127 Å². The van der Waals surface area contributed by atoms with Gasteiger partial charge in [-0.1, -0.05) is 35.2 Å². The molecule has 0 radical (unpaired) electrons. The van der Waals surface area contributed by atoms with Gasteiger partial charge in [0.1, 0.15) is 5.82 Å². The number of nitrogens with one attached hydrogen (secondary N) is 1. The van der Waals surface area contributed by atoms with E-state index in [0.717, 1.165) is 4.34 Å². The Hall–Kier alpha value is -2.00. The van der Waals surface area contributed by atoms with Gasteiger partial charge < -0.3 is 9.73 Å². The summed E-state index contributed by atoms with van der Waals surface area (Å²) in [5, 5.41) is 19.1. The van der Waals surface area contributed by atoms with E-state index in [0.29, 0.717) is 28.4 Å². The van der Waals surface area contributed by atoms with Crippen LogP contribution in [0.2, 0.25) is 0 Å². The number of benzene rings is 1. The Morgan fingerprint density at radius 1 is 1.24 bits per heavy atom. The average molecular weight is 323 g/mol. The monoisotopic (exact) mass is 323 g/mol. The van der Waals surface area contributed by atoms with Crippen LogP contribution in [0.25, 0.3) is 0 Å². The van der Waals surface area contributed by atoms with Crippen molar-refractivity contribution in [2.45, 2.75) is 17.0 Å². The molecule has 108 valence electrons. The number of aryl methyl sites for hydroxylation is 1. The molecule has 0 amide bonds. The van der Waals surface area contributed by atoms with E-state index in [9.17, 15) is 4.39 Å². The number of anilines is 2. The van der Waals surface area contributed by atoms with Crippen molar-refractivity contribution < 1.29 is 8.81 Å². The van der Waals surface area contributed by atoms with E-state index in [1.165, 1.54) is 29.2 Å². The van der Waals surface area contributed by atoms with Crippen molar-refractivity contribution in [3.63, 3.8) is 0 Å². The first-order chi connectivity index (χ1) is 10.2. The highest BCUT2D eigenvalue weighted by molar-refractivity contribution is 8.00. The van der Waals surface area contributed by atoms with Gasteiger partial charge in [-0.2, -0.15) is 0 Å². The smallest absolute Gasteiger partial charge is 0.226 e. The number of hydrogen-bond acceptors (Lipinski definition) is 8. The fourth-order valence-corrected chi connectivity index (χ4v) is 3.12. The van der Waals surface area contributed by atoms with Gasteiger partial charge in [0.2, 0.25) is 16.9 Å². The van der Waals surface area contributed by atoms with Crippen molar-refractivity contribution in [2.24, 2.45) is 0 Å². The summed E-state index contributed by atoms with van der Waals surface area (Å²) in [6, 6.07) is 6.41. The summed E-state index contributed by atoms with van der Waals surface area (Å²) in [6.07, 6.45) is 0. The quantitative estimate of drug-likeness (QED) is 0.721. The van der Waals surface area contributed by atoms with Crippen LogP contribution >= 0.6 is 23.1 Å². The lowest BCUT2D eigenvalue weighted by atomic mass is 10.3. The van der Waals surface area contributed by atoms with Crippen molar-refractivity contribution in [1.29, 1.82) is 0 Å². The van der Waals surface area contributed by atoms with Crippen LogP contribution in [-0.2, 0) is 5.75 Å². The zero-order chi connectivity index (χ0) is 14.7. The third kappa shape index (κ3) is 3.56. The Kier molecular flexibility index (Phi) is 4.11. The summed E-state index contributed by atoms with van der Waals surface area (Å²) in [6.45, 7) is 1.74. The molecule has 0 spiro atoms. The van der Waals surface area contributed by atoms with E-state index < -0.39 is 0 Å². The number of nitrogens with zero attached hydrogens (tertiary/aromatic N) is 4. The summed E-state index contributed by atoms with van der Waals surface area (Å²) >= 11 is 2.77. The summed E-state index contributed by atoms with van der Waals surface area (Å²) in [5.41, 5.74) is 0.373. The molecular formula is C12H10FN5OS2. The molecule has 0 aliphatic carbocycles. The average Bonchev–Trinajstić information content (AvgIpc) is 3.08. The molecule has 1 N–H and O–H groups in total. The predicted molar refractivity (Wildman–Crippen MR) is 78.2 cm³/mol. The molecule has 9 heteroatoms. The van der Waals surface area contributed by atoms with E-state index in [4.69, 9.17) is 4.42 Å². The molecule has 2 heterocycles. The first-order valence-corrected chi connectivity index (χ1v) is 7.78. The second kappa shape index (κ2) is 6.19. The van der Waals surface area contributed by atoms with Crippen LogP contribution < -0.4 is 5.32 Å². The standard InChI is InChI=1S/C12H10FN5OS2/c1-7-15-16-10(19-7)6-20-12-18-17-11(21-12)14-9-5-3-2-4-8(9)13/h2-5H,6H2,1H3,(H,14,17).